The van der Waals surface area contributed by atoms with E-state index in [9.17, 15) is 4.79 Å². The molecule has 0 saturated heterocycles. The van der Waals surface area contributed by atoms with Crippen LogP contribution in [0, 0.1) is 5.92 Å². The number of rotatable bonds is 2. The Labute approximate surface area is 120 Å². The molecule has 102 valence electrons. The van der Waals surface area contributed by atoms with Crippen LogP contribution in [-0.4, -0.2) is 5.78 Å². The highest BCUT2D eigenvalue weighted by atomic mass is 16.1. The molecular weight excluding hydrogens is 244 g/mol. The lowest BCUT2D eigenvalue weighted by atomic mass is 9.76. The first kappa shape index (κ1) is 13.1. The van der Waals surface area contributed by atoms with E-state index in [4.69, 9.17) is 0 Å². The molecule has 1 nitrogen and oxygen atoms in total. The maximum absolute atomic E-state index is 11.5. The minimum atomic E-state index is 0.426. The number of benzene rings is 2. The SMILES string of the molecule is CC1CC(=O)CCC1c1ccc(-c2ccccc2)cc1. The van der Waals surface area contributed by atoms with Gasteiger partial charge in [0.25, 0.3) is 0 Å². The Morgan fingerprint density at radius 1 is 0.900 bits per heavy atom. The molecule has 0 bridgehead atoms. The van der Waals surface area contributed by atoms with Crippen molar-refractivity contribution < 1.29 is 4.79 Å². The fraction of sp³-hybridized carbons (Fsp3) is 0.316. The van der Waals surface area contributed by atoms with E-state index in [0.29, 0.717) is 17.6 Å². The third-order valence-corrected chi connectivity index (χ3v) is 4.42. The minimum absolute atomic E-state index is 0.426. The van der Waals surface area contributed by atoms with Crippen molar-refractivity contribution in [2.24, 2.45) is 5.92 Å². The predicted octanol–water partition coefficient (Wildman–Crippen LogP) is 4.83. The van der Waals surface area contributed by atoms with Crippen molar-refractivity contribution in [3.05, 3.63) is 60.2 Å². The highest BCUT2D eigenvalue weighted by Gasteiger charge is 2.26. The lowest BCUT2D eigenvalue weighted by molar-refractivity contribution is -0.121. The molecule has 1 aliphatic carbocycles. The van der Waals surface area contributed by atoms with E-state index < -0.39 is 0 Å². The average Bonchev–Trinajstić information content (AvgIpc) is 2.48. The third-order valence-electron chi connectivity index (χ3n) is 4.42. The van der Waals surface area contributed by atoms with E-state index >= 15 is 0 Å². The highest BCUT2D eigenvalue weighted by Crippen LogP contribution is 2.36. The van der Waals surface area contributed by atoms with Crippen LogP contribution in [0.1, 0.15) is 37.7 Å². The standard InChI is InChI=1S/C19H20O/c1-14-13-18(20)11-12-19(14)17-9-7-16(8-10-17)15-5-3-2-4-6-15/h2-10,14,19H,11-13H2,1H3. The van der Waals surface area contributed by atoms with Gasteiger partial charge in [-0.1, -0.05) is 61.5 Å². The summed E-state index contributed by atoms with van der Waals surface area (Å²) in [6.45, 7) is 2.20. The molecule has 0 spiro atoms. The number of hydrogen-bond acceptors (Lipinski definition) is 1. The van der Waals surface area contributed by atoms with Gasteiger partial charge in [-0.2, -0.15) is 0 Å². The molecule has 0 N–H and O–H groups in total. The zero-order valence-corrected chi connectivity index (χ0v) is 11.9. The Morgan fingerprint density at radius 2 is 1.55 bits per heavy atom. The van der Waals surface area contributed by atoms with E-state index in [1.54, 1.807) is 0 Å². The van der Waals surface area contributed by atoms with E-state index in [2.05, 4.69) is 55.5 Å². The van der Waals surface area contributed by atoms with Crippen LogP contribution in [0.5, 0.6) is 0 Å². The van der Waals surface area contributed by atoms with Crippen LogP contribution in [0.25, 0.3) is 11.1 Å². The fourth-order valence-corrected chi connectivity index (χ4v) is 3.25. The lowest BCUT2D eigenvalue weighted by Gasteiger charge is -2.28. The maximum Gasteiger partial charge on any atom is 0.133 e. The summed E-state index contributed by atoms with van der Waals surface area (Å²) in [6, 6.07) is 19.3. The second-order valence-corrected chi connectivity index (χ2v) is 5.85. The second kappa shape index (κ2) is 5.62. The van der Waals surface area contributed by atoms with Crippen LogP contribution in [-0.2, 0) is 4.79 Å². The van der Waals surface area contributed by atoms with Crippen molar-refractivity contribution in [1.82, 2.24) is 0 Å². The Hall–Kier alpha value is -1.89. The summed E-state index contributed by atoms with van der Waals surface area (Å²) >= 11 is 0. The molecule has 0 radical (unpaired) electrons. The Kier molecular flexibility index (Phi) is 3.68. The molecule has 2 atom stereocenters. The molecule has 0 amide bonds. The van der Waals surface area contributed by atoms with Crippen molar-refractivity contribution in [2.75, 3.05) is 0 Å². The van der Waals surface area contributed by atoms with Crippen LogP contribution in [0.2, 0.25) is 0 Å². The number of carbonyl (C=O) groups is 1. The van der Waals surface area contributed by atoms with Gasteiger partial charge < -0.3 is 0 Å². The molecule has 20 heavy (non-hydrogen) atoms. The molecule has 2 aromatic rings. The molecule has 0 heterocycles. The maximum atomic E-state index is 11.5. The van der Waals surface area contributed by atoms with Gasteiger partial charge in [0, 0.05) is 12.8 Å². The van der Waals surface area contributed by atoms with E-state index in [0.717, 1.165) is 19.3 Å². The summed E-state index contributed by atoms with van der Waals surface area (Å²) in [4.78, 5) is 11.5. The fourth-order valence-electron chi connectivity index (χ4n) is 3.25. The van der Waals surface area contributed by atoms with Gasteiger partial charge in [0.05, 0.1) is 0 Å². The Bertz CT molecular complexity index is 583. The predicted molar refractivity (Wildman–Crippen MR) is 82.6 cm³/mol. The number of ketones is 1. The monoisotopic (exact) mass is 264 g/mol. The summed E-state index contributed by atoms with van der Waals surface area (Å²) in [5.41, 5.74) is 3.89. The van der Waals surface area contributed by atoms with Crippen molar-refractivity contribution in [3.8, 4) is 11.1 Å². The first-order valence-corrected chi connectivity index (χ1v) is 7.41. The first-order chi connectivity index (χ1) is 9.74. The average molecular weight is 264 g/mol. The molecule has 2 unspecified atom stereocenters. The number of Topliss-reactive ketones (excluding diaryl/α,β-unsaturated/α-hetero) is 1. The van der Waals surface area contributed by atoms with Crippen LogP contribution in [0.4, 0.5) is 0 Å². The Morgan fingerprint density at radius 3 is 2.20 bits per heavy atom. The number of carbonyl (C=O) groups excluding carboxylic acids is 1. The lowest BCUT2D eigenvalue weighted by Crippen LogP contribution is -2.21. The summed E-state index contributed by atoms with van der Waals surface area (Å²) in [7, 11) is 0. The summed E-state index contributed by atoms with van der Waals surface area (Å²) in [5, 5.41) is 0. The number of hydrogen-bond donors (Lipinski definition) is 0. The van der Waals surface area contributed by atoms with E-state index in [1.807, 2.05) is 6.07 Å². The molecule has 1 heteroatoms. The molecule has 0 aliphatic heterocycles. The van der Waals surface area contributed by atoms with Gasteiger partial charge in [0.1, 0.15) is 5.78 Å². The summed E-state index contributed by atoms with van der Waals surface area (Å²) in [5.74, 6) is 1.44. The van der Waals surface area contributed by atoms with Gasteiger partial charge in [0.2, 0.25) is 0 Å². The van der Waals surface area contributed by atoms with Gasteiger partial charge >= 0.3 is 0 Å². The molecule has 1 aliphatic rings. The van der Waals surface area contributed by atoms with Crippen LogP contribution >= 0.6 is 0 Å². The van der Waals surface area contributed by atoms with Gasteiger partial charge in [0.15, 0.2) is 0 Å². The molecule has 0 aromatic heterocycles. The largest absolute Gasteiger partial charge is 0.300 e. The van der Waals surface area contributed by atoms with E-state index in [-0.39, 0.29) is 0 Å². The van der Waals surface area contributed by atoms with Crippen molar-refractivity contribution >= 4 is 5.78 Å². The normalized spacial score (nSPS) is 22.8. The molecule has 1 saturated carbocycles. The zero-order valence-electron chi connectivity index (χ0n) is 11.9. The zero-order chi connectivity index (χ0) is 13.9. The molecule has 3 rings (SSSR count). The third kappa shape index (κ3) is 2.67. The highest BCUT2D eigenvalue weighted by molar-refractivity contribution is 5.79. The van der Waals surface area contributed by atoms with Crippen LogP contribution in [0.3, 0.4) is 0 Å². The smallest absolute Gasteiger partial charge is 0.133 e. The topological polar surface area (TPSA) is 17.1 Å². The van der Waals surface area contributed by atoms with Gasteiger partial charge in [-0.25, -0.2) is 0 Å². The molecular formula is C19H20O. The molecule has 2 aromatic carbocycles. The van der Waals surface area contributed by atoms with Gasteiger partial charge in [-0.05, 0) is 34.9 Å². The Balaban J connectivity index is 1.81. The van der Waals surface area contributed by atoms with Crippen molar-refractivity contribution in [3.63, 3.8) is 0 Å². The molecule has 1 fully saturated rings. The van der Waals surface area contributed by atoms with Gasteiger partial charge in [-0.15, -0.1) is 0 Å². The summed E-state index contributed by atoms with van der Waals surface area (Å²) < 4.78 is 0. The van der Waals surface area contributed by atoms with Crippen molar-refractivity contribution in [1.29, 1.82) is 0 Å². The van der Waals surface area contributed by atoms with Crippen molar-refractivity contribution in [2.45, 2.75) is 32.1 Å². The van der Waals surface area contributed by atoms with Crippen LogP contribution in [0.15, 0.2) is 54.6 Å². The first-order valence-electron chi connectivity index (χ1n) is 7.41. The minimum Gasteiger partial charge on any atom is -0.300 e. The van der Waals surface area contributed by atoms with Crippen LogP contribution < -0.4 is 0 Å². The summed E-state index contributed by atoms with van der Waals surface area (Å²) in [6.07, 6.45) is 2.49. The van der Waals surface area contributed by atoms with Gasteiger partial charge in [-0.3, -0.25) is 4.79 Å². The second-order valence-electron chi connectivity index (χ2n) is 5.85. The van der Waals surface area contributed by atoms with E-state index in [1.165, 1.54) is 16.7 Å². The quantitative estimate of drug-likeness (QED) is 0.759.